The number of aliphatic hydroxyl groups excluding tert-OH is 1. The van der Waals surface area contributed by atoms with Gasteiger partial charge in [0.25, 0.3) is 5.91 Å². The van der Waals surface area contributed by atoms with Crippen LogP contribution in [-0.2, 0) is 14.3 Å². The van der Waals surface area contributed by atoms with Gasteiger partial charge >= 0.3 is 0 Å². The largest absolute Gasteiger partial charge is 0.395 e. The highest BCUT2D eigenvalue weighted by molar-refractivity contribution is 5.94. The molecule has 1 aliphatic rings. The minimum atomic E-state index is -0.553. The molecule has 1 amide bonds. The van der Waals surface area contributed by atoms with E-state index in [1.807, 2.05) is 19.1 Å². The second-order valence-electron chi connectivity index (χ2n) is 4.73. The fourth-order valence-electron chi connectivity index (χ4n) is 1.96. The van der Waals surface area contributed by atoms with Gasteiger partial charge in [-0.15, -0.1) is 0 Å². The van der Waals surface area contributed by atoms with Crippen LogP contribution in [0.4, 0.5) is 5.69 Å². The molecule has 1 fully saturated rings. The second-order valence-corrected chi connectivity index (χ2v) is 4.73. The molecule has 0 bridgehead atoms. The maximum atomic E-state index is 12.0. The summed E-state index contributed by atoms with van der Waals surface area (Å²) < 4.78 is 10.6. The second kappa shape index (κ2) is 7.79. The van der Waals surface area contributed by atoms with Crippen molar-refractivity contribution in [2.24, 2.45) is 0 Å². The Labute approximate surface area is 124 Å². The van der Waals surface area contributed by atoms with Crippen molar-refractivity contribution < 1.29 is 19.4 Å². The lowest BCUT2D eigenvalue weighted by Crippen LogP contribution is -2.39. The van der Waals surface area contributed by atoms with E-state index in [0.717, 1.165) is 11.1 Å². The van der Waals surface area contributed by atoms with Gasteiger partial charge in [0.15, 0.2) is 6.10 Å². The first-order valence-corrected chi connectivity index (χ1v) is 6.91. The molecule has 5 nitrogen and oxygen atoms in total. The van der Waals surface area contributed by atoms with Crippen LogP contribution in [0.1, 0.15) is 17.5 Å². The molecule has 1 aromatic carbocycles. The van der Waals surface area contributed by atoms with Crippen molar-refractivity contribution in [1.29, 1.82) is 0 Å². The van der Waals surface area contributed by atoms with Crippen molar-refractivity contribution in [2.45, 2.75) is 19.4 Å². The molecule has 1 heterocycles. The molecule has 0 aliphatic carbocycles. The van der Waals surface area contributed by atoms with Crippen molar-refractivity contribution in [2.75, 3.05) is 31.7 Å². The Morgan fingerprint density at radius 3 is 3.00 bits per heavy atom. The van der Waals surface area contributed by atoms with Crippen LogP contribution in [0.2, 0.25) is 0 Å². The van der Waals surface area contributed by atoms with Crippen LogP contribution in [0.3, 0.4) is 0 Å². The quantitative estimate of drug-likeness (QED) is 0.817. The Morgan fingerprint density at radius 2 is 2.33 bits per heavy atom. The van der Waals surface area contributed by atoms with E-state index in [1.165, 1.54) is 0 Å². The molecule has 112 valence electrons. The lowest BCUT2D eigenvalue weighted by atomic mass is 10.1. The third-order valence-electron chi connectivity index (χ3n) is 3.06. The van der Waals surface area contributed by atoms with Gasteiger partial charge in [0.05, 0.1) is 26.4 Å². The zero-order valence-electron chi connectivity index (χ0n) is 12.0. The summed E-state index contributed by atoms with van der Waals surface area (Å²) >= 11 is 0. The van der Waals surface area contributed by atoms with Gasteiger partial charge in [0, 0.05) is 17.7 Å². The lowest BCUT2D eigenvalue weighted by Gasteiger charge is -2.22. The first-order chi connectivity index (χ1) is 10.2. The van der Waals surface area contributed by atoms with E-state index in [0.29, 0.717) is 25.3 Å². The highest BCUT2D eigenvalue weighted by Crippen LogP contribution is 2.15. The molecule has 1 aromatic rings. The maximum absolute atomic E-state index is 12.0. The molecular weight excluding hydrogens is 270 g/mol. The Morgan fingerprint density at radius 1 is 1.48 bits per heavy atom. The van der Waals surface area contributed by atoms with E-state index < -0.39 is 6.10 Å². The molecular formula is C16H19NO4. The van der Waals surface area contributed by atoms with E-state index in [-0.39, 0.29) is 19.1 Å². The minimum absolute atomic E-state index is 0.0592. The Balaban J connectivity index is 1.99. The molecule has 0 saturated carbocycles. The first-order valence-electron chi connectivity index (χ1n) is 6.91. The average molecular weight is 289 g/mol. The van der Waals surface area contributed by atoms with Crippen LogP contribution in [0.25, 0.3) is 0 Å². The molecule has 21 heavy (non-hydrogen) atoms. The molecule has 2 rings (SSSR count). The molecule has 1 saturated heterocycles. The molecule has 1 atom stereocenters. The zero-order valence-corrected chi connectivity index (χ0v) is 12.0. The summed E-state index contributed by atoms with van der Waals surface area (Å²) in [5.41, 5.74) is 2.57. The van der Waals surface area contributed by atoms with Gasteiger partial charge < -0.3 is 19.9 Å². The van der Waals surface area contributed by atoms with Gasteiger partial charge in [-0.05, 0) is 30.7 Å². The maximum Gasteiger partial charge on any atom is 0.255 e. The Bertz CT molecular complexity index is 553. The van der Waals surface area contributed by atoms with E-state index in [2.05, 4.69) is 17.2 Å². The van der Waals surface area contributed by atoms with Gasteiger partial charge in [-0.1, -0.05) is 11.8 Å². The summed E-state index contributed by atoms with van der Waals surface area (Å²) in [5.74, 6) is 5.67. The summed E-state index contributed by atoms with van der Waals surface area (Å²) in [5, 5.41) is 11.5. The number of carbonyl (C=O) groups excluding carboxylic acids is 1. The fourth-order valence-corrected chi connectivity index (χ4v) is 1.96. The van der Waals surface area contributed by atoms with Crippen molar-refractivity contribution in [3.8, 4) is 11.8 Å². The molecule has 0 aromatic heterocycles. The number of aliphatic hydroxyl groups is 1. The summed E-state index contributed by atoms with van der Waals surface area (Å²) in [7, 11) is 0. The zero-order chi connectivity index (χ0) is 15.1. The van der Waals surface area contributed by atoms with Gasteiger partial charge in [0.1, 0.15) is 0 Å². The standard InChI is InChI=1S/C16H19NO4/c1-12-10-14(6-5-13(12)4-2-3-7-18)17-16(19)15-11-20-8-9-21-15/h5-6,10,15,18H,3,7-9,11H2,1H3,(H,17,19). The highest BCUT2D eigenvalue weighted by atomic mass is 16.6. The van der Waals surface area contributed by atoms with Crippen LogP contribution in [-0.4, -0.2) is 43.5 Å². The number of ether oxygens (including phenoxy) is 2. The molecule has 0 radical (unpaired) electrons. The lowest BCUT2D eigenvalue weighted by molar-refractivity contribution is -0.142. The molecule has 1 unspecified atom stereocenters. The summed E-state index contributed by atoms with van der Waals surface area (Å²) in [4.78, 5) is 12.0. The third-order valence-corrected chi connectivity index (χ3v) is 3.06. The van der Waals surface area contributed by atoms with Crippen molar-refractivity contribution >= 4 is 11.6 Å². The average Bonchev–Trinajstić information content (AvgIpc) is 2.50. The third kappa shape index (κ3) is 4.57. The van der Waals surface area contributed by atoms with E-state index in [9.17, 15) is 4.79 Å². The number of rotatable bonds is 3. The molecule has 2 N–H and O–H groups in total. The Hall–Kier alpha value is -1.87. The molecule has 5 heteroatoms. The number of nitrogens with one attached hydrogen (secondary N) is 1. The van der Waals surface area contributed by atoms with Crippen LogP contribution in [0.15, 0.2) is 18.2 Å². The predicted octanol–water partition coefficient (Wildman–Crippen LogP) is 1.08. The van der Waals surface area contributed by atoms with Crippen LogP contribution in [0, 0.1) is 18.8 Å². The SMILES string of the molecule is Cc1cc(NC(=O)C2COCCO2)ccc1C#CCCO. The number of amides is 1. The number of carbonyl (C=O) groups is 1. The normalized spacial score (nSPS) is 17.7. The van der Waals surface area contributed by atoms with E-state index in [4.69, 9.17) is 14.6 Å². The van der Waals surface area contributed by atoms with E-state index >= 15 is 0 Å². The number of anilines is 1. The number of hydrogen-bond acceptors (Lipinski definition) is 4. The molecule has 0 spiro atoms. The fraction of sp³-hybridized carbons (Fsp3) is 0.438. The smallest absolute Gasteiger partial charge is 0.255 e. The van der Waals surface area contributed by atoms with Crippen molar-refractivity contribution in [3.05, 3.63) is 29.3 Å². The van der Waals surface area contributed by atoms with Crippen LogP contribution < -0.4 is 5.32 Å². The number of benzene rings is 1. The van der Waals surface area contributed by atoms with Crippen LogP contribution >= 0.6 is 0 Å². The number of hydrogen-bond donors (Lipinski definition) is 2. The highest BCUT2D eigenvalue weighted by Gasteiger charge is 2.22. The van der Waals surface area contributed by atoms with Gasteiger partial charge in [-0.25, -0.2) is 0 Å². The predicted molar refractivity (Wildman–Crippen MR) is 78.9 cm³/mol. The van der Waals surface area contributed by atoms with Crippen LogP contribution in [0.5, 0.6) is 0 Å². The topological polar surface area (TPSA) is 67.8 Å². The monoisotopic (exact) mass is 289 g/mol. The molecule has 1 aliphatic heterocycles. The van der Waals surface area contributed by atoms with E-state index in [1.54, 1.807) is 6.07 Å². The summed E-state index contributed by atoms with van der Waals surface area (Å²) in [6, 6.07) is 5.52. The number of aryl methyl sites for hydroxylation is 1. The minimum Gasteiger partial charge on any atom is -0.395 e. The van der Waals surface area contributed by atoms with Gasteiger partial charge in [0.2, 0.25) is 0 Å². The van der Waals surface area contributed by atoms with Gasteiger partial charge in [-0.2, -0.15) is 0 Å². The van der Waals surface area contributed by atoms with Crippen molar-refractivity contribution in [3.63, 3.8) is 0 Å². The summed E-state index contributed by atoms with van der Waals surface area (Å²) in [6.45, 7) is 3.25. The van der Waals surface area contributed by atoms with Crippen molar-refractivity contribution in [1.82, 2.24) is 0 Å². The first kappa shape index (κ1) is 15.5. The Kier molecular flexibility index (Phi) is 5.76. The summed E-state index contributed by atoms with van der Waals surface area (Å²) in [6.07, 6.45) is -0.0974. The van der Waals surface area contributed by atoms with Gasteiger partial charge in [-0.3, -0.25) is 4.79 Å².